The molecule has 6 heteroatoms. The molecule has 0 aromatic heterocycles. The SMILES string of the molecule is Nc1ccc(CC(=O)NC2CCN(CCOc3ccc(Cl)cc3)CC2)cc1. The van der Waals surface area contributed by atoms with Gasteiger partial charge in [0.1, 0.15) is 12.4 Å². The minimum atomic E-state index is 0.0734. The van der Waals surface area contributed by atoms with Gasteiger partial charge in [-0.05, 0) is 54.8 Å². The number of nitrogen functional groups attached to an aromatic ring is 1. The number of amides is 1. The van der Waals surface area contributed by atoms with Gasteiger partial charge in [0.2, 0.25) is 5.91 Å². The second-order valence-corrected chi connectivity index (χ2v) is 7.34. The molecule has 0 unspecified atom stereocenters. The van der Waals surface area contributed by atoms with E-state index in [0.29, 0.717) is 23.7 Å². The molecule has 3 rings (SSSR count). The van der Waals surface area contributed by atoms with Crippen LogP contribution in [0.15, 0.2) is 48.5 Å². The van der Waals surface area contributed by atoms with Gasteiger partial charge in [0, 0.05) is 36.4 Å². The number of piperidine rings is 1. The molecule has 1 saturated heterocycles. The van der Waals surface area contributed by atoms with E-state index in [1.807, 2.05) is 48.5 Å². The minimum Gasteiger partial charge on any atom is -0.492 e. The first-order valence-electron chi connectivity index (χ1n) is 9.33. The third kappa shape index (κ3) is 6.45. The third-order valence-electron chi connectivity index (χ3n) is 4.79. The first-order chi connectivity index (χ1) is 13.1. The predicted molar refractivity (Wildman–Crippen MR) is 109 cm³/mol. The molecule has 0 spiro atoms. The van der Waals surface area contributed by atoms with Crippen LogP contribution in [0.2, 0.25) is 5.02 Å². The number of rotatable bonds is 7. The average Bonchev–Trinajstić information content (AvgIpc) is 2.67. The number of benzene rings is 2. The van der Waals surface area contributed by atoms with E-state index in [0.717, 1.165) is 43.8 Å². The third-order valence-corrected chi connectivity index (χ3v) is 5.04. The number of ether oxygens (including phenoxy) is 1. The van der Waals surface area contributed by atoms with Gasteiger partial charge in [0.15, 0.2) is 0 Å². The fourth-order valence-corrected chi connectivity index (χ4v) is 3.35. The summed E-state index contributed by atoms with van der Waals surface area (Å²) in [5.41, 5.74) is 7.37. The molecule has 1 heterocycles. The highest BCUT2D eigenvalue weighted by Gasteiger charge is 2.20. The van der Waals surface area contributed by atoms with Crippen LogP contribution in [0.4, 0.5) is 5.69 Å². The molecule has 1 aliphatic heterocycles. The zero-order valence-corrected chi connectivity index (χ0v) is 16.1. The molecule has 2 aromatic carbocycles. The van der Waals surface area contributed by atoms with Crippen molar-refractivity contribution in [1.82, 2.24) is 10.2 Å². The fraction of sp³-hybridized carbons (Fsp3) is 0.381. The monoisotopic (exact) mass is 387 g/mol. The van der Waals surface area contributed by atoms with Crippen LogP contribution >= 0.6 is 11.6 Å². The zero-order valence-electron chi connectivity index (χ0n) is 15.4. The van der Waals surface area contributed by atoms with Gasteiger partial charge in [-0.15, -0.1) is 0 Å². The summed E-state index contributed by atoms with van der Waals surface area (Å²) in [7, 11) is 0. The Morgan fingerprint density at radius 3 is 2.44 bits per heavy atom. The lowest BCUT2D eigenvalue weighted by molar-refractivity contribution is -0.121. The van der Waals surface area contributed by atoms with E-state index in [2.05, 4.69) is 10.2 Å². The lowest BCUT2D eigenvalue weighted by Gasteiger charge is -2.32. The maximum Gasteiger partial charge on any atom is 0.224 e. The van der Waals surface area contributed by atoms with Crippen LogP contribution in [0.5, 0.6) is 5.75 Å². The summed E-state index contributed by atoms with van der Waals surface area (Å²) in [6, 6.07) is 15.1. The average molecular weight is 388 g/mol. The molecule has 144 valence electrons. The first kappa shape index (κ1) is 19.5. The predicted octanol–water partition coefficient (Wildman–Crippen LogP) is 3.12. The standard InChI is InChI=1S/C21H26ClN3O2/c22-17-3-7-20(8-4-17)27-14-13-25-11-9-19(10-12-25)24-21(26)15-16-1-5-18(23)6-2-16/h1-8,19H,9-15,23H2,(H,24,26). The minimum absolute atomic E-state index is 0.0734. The van der Waals surface area contributed by atoms with Crippen LogP contribution < -0.4 is 15.8 Å². The van der Waals surface area contributed by atoms with E-state index < -0.39 is 0 Å². The van der Waals surface area contributed by atoms with Gasteiger partial charge < -0.3 is 15.8 Å². The fourth-order valence-electron chi connectivity index (χ4n) is 3.22. The molecular weight excluding hydrogens is 362 g/mol. The van der Waals surface area contributed by atoms with E-state index >= 15 is 0 Å². The van der Waals surface area contributed by atoms with Crippen molar-refractivity contribution in [2.75, 3.05) is 32.0 Å². The summed E-state index contributed by atoms with van der Waals surface area (Å²) in [5.74, 6) is 0.911. The maximum atomic E-state index is 12.2. The second-order valence-electron chi connectivity index (χ2n) is 6.90. The molecule has 1 amide bonds. The van der Waals surface area contributed by atoms with Gasteiger partial charge in [-0.25, -0.2) is 0 Å². The van der Waals surface area contributed by atoms with E-state index in [-0.39, 0.29) is 11.9 Å². The van der Waals surface area contributed by atoms with Crippen molar-refractivity contribution in [3.63, 3.8) is 0 Å². The number of carbonyl (C=O) groups excluding carboxylic acids is 1. The van der Waals surface area contributed by atoms with Crippen molar-refractivity contribution in [2.24, 2.45) is 0 Å². The lowest BCUT2D eigenvalue weighted by atomic mass is 10.0. The Balaban J connectivity index is 1.33. The molecule has 2 aromatic rings. The number of hydrogen-bond acceptors (Lipinski definition) is 4. The summed E-state index contributed by atoms with van der Waals surface area (Å²) >= 11 is 5.87. The molecule has 5 nitrogen and oxygen atoms in total. The summed E-state index contributed by atoms with van der Waals surface area (Å²) in [6.07, 6.45) is 2.33. The van der Waals surface area contributed by atoms with Crippen LogP contribution in [0.1, 0.15) is 18.4 Å². The number of halogens is 1. The van der Waals surface area contributed by atoms with Crippen LogP contribution in [0.25, 0.3) is 0 Å². The van der Waals surface area contributed by atoms with E-state index in [1.165, 1.54) is 0 Å². The van der Waals surface area contributed by atoms with Crippen molar-refractivity contribution in [3.8, 4) is 5.75 Å². The quantitative estimate of drug-likeness (QED) is 0.716. The highest BCUT2D eigenvalue weighted by atomic mass is 35.5. The molecule has 3 N–H and O–H groups in total. The van der Waals surface area contributed by atoms with Gasteiger partial charge in [0.05, 0.1) is 6.42 Å². The van der Waals surface area contributed by atoms with Gasteiger partial charge >= 0.3 is 0 Å². The summed E-state index contributed by atoms with van der Waals surface area (Å²) < 4.78 is 5.75. The zero-order chi connectivity index (χ0) is 19.1. The molecule has 1 fully saturated rings. The topological polar surface area (TPSA) is 67.6 Å². The molecule has 0 bridgehead atoms. The maximum absolute atomic E-state index is 12.2. The Morgan fingerprint density at radius 2 is 1.78 bits per heavy atom. The molecule has 0 atom stereocenters. The largest absolute Gasteiger partial charge is 0.492 e. The van der Waals surface area contributed by atoms with E-state index in [9.17, 15) is 4.79 Å². The summed E-state index contributed by atoms with van der Waals surface area (Å²) in [4.78, 5) is 14.6. The van der Waals surface area contributed by atoms with Crippen LogP contribution in [0, 0.1) is 0 Å². The number of hydrogen-bond donors (Lipinski definition) is 2. The van der Waals surface area contributed by atoms with E-state index in [4.69, 9.17) is 22.1 Å². The number of nitrogens with zero attached hydrogens (tertiary/aromatic N) is 1. The molecule has 0 saturated carbocycles. The first-order valence-corrected chi connectivity index (χ1v) is 9.71. The highest BCUT2D eigenvalue weighted by molar-refractivity contribution is 6.30. The lowest BCUT2D eigenvalue weighted by Crippen LogP contribution is -2.45. The molecule has 1 aliphatic rings. The van der Waals surface area contributed by atoms with Gasteiger partial charge in [0.25, 0.3) is 0 Å². The van der Waals surface area contributed by atoms with Crippen LogP contribution in [-0.2, 0) is 11.2 Å². The van der Waals surface area contributed by atoms with Gasteiger partial charge in [-0.1, -0.05) is 23.7 Å². The molecule has 0 radical (unpaired) electrons. The van der Waals surface area contributed by atoms with Gasteiger partial charge in [-0.2, -0.15) is 0 Å². The second kappa shape index (κ2) is 9.62. The van der Waals surface area contributed by atoms with E-state index in [1.54, 1.807) is 0 Å². The molecule has 0 aliphatic carbocycles. The van der Waals surface area contributed by atoms with Crippen molar-refractivity contribution in [2.45, 2.75) is 25.3 Å². The van der Waals surface area contributed by atoms with Crippen LogP contribution in [-0.4, -0.2) is 43.1 Å². The smallest absolute Gasteiger partial charge is 0.224 e. The summed E-state index contributed by atoms with van der Waals surface area (Å²) in [5, 5.41) is 3.86. The Hall–Kier alpha value is -2.24. The Morgan fingerprint density at radius 1 is 1.11 bits per heavy atom. The number of nitrogens with two attached hydrogens (primary N) is 1. The molecule has 27 heavy (non-hydrogen) atoms. The van der Waals surface area contributed by atoms with Gasteiger partial charge in [-0.3, -0.25) is 9.69 Å². The normalized spacial score (nSPS) is 15.4. The summed E-state index contributed by atoms with van der Waals surface area (Å²) in [6.45, 7) is 3.47. The number of anilines is 1. The Kier molecular flexibility index (Phi) is 6.96. The van der Waals surface area contributed by atoms with Crippen molar-refractivity contribution in [1.29, 1.82) is 0 Å². The molecular formula is C21H26ClN3O2. The Labute approximate surface area is 165 Å². The number of likely N-dealkylation sites (tertiary alicyclic amines) is 1. The van der Waals surface area contributed by atoms with Crippen molar-refractivity contribution >= 4 is 23.2 Å². The van der Waals surface area contributed by atoms with Crippen molar-refractivity contribution in [3.05, 3.63) is 59.1 Å². The number of carbonyl (C=O) groups is 1. The van der Waals surface area contributed by atoms with Crippen molar-refractivity contribution < 1.29 is 9.53 Å². The van der Waals surface area contributed by atoms with Crippen LogP contribution in [0.3, 0.4) is 0 Å². The highest BCUT2D eigenvalue weighted by Crippen LogP contribution is 2.16. The Bertz CT molecular complexity index is 726. The number of nitrogens with one attached hydrogen (secondary N) is 1.